The number of aryl methyl sites for hydroxylation is 2. The van der Waals surface area contributed by atoms with E-state index in [-0.39, 0.29) is 10.7 Å². The molecule has 29 heavy (non-hydrogen) atoms. The number of carbonyl (C=O) groups is 1. The molecule has 1 aromatic carbocycles. The molecule has 0 bridgehead atoms. The van der Waals surface area contributed by atoms with E-state index in [0.29, 0.717) is 39.6 Å². The fourth-order valence-corrected chi connectivity index (χ4v) is 3.07. The molecule has 0 saturated heterocycles. The fraction of sp³-hybridized carbons (Fsp3) is 0.300. The summed E-state index contributed by atoms with van der Waals surface area (Å²) in [5.41, 5.74) is 3.56. The topological polar surface area (TPSA) is 96.2 Å². The molecule has 7 nitrogen and oxygen atoms in total. The normalized spacial score (nSPS) is 10.4. The van der Waals surface area contributed by atoms with Gasteiger partial charge in [-0.15, -0.1) is 0 Å². The van der Waals surface area contributed by atoms with Gasteiger partial charge in [-0.2, -0.15) is 5.26 Å². The number of nitriles is 1. The van der Waals surface area contributed by atoms with Crippen molar-refractivity contribution in [2.75, 3.05) is 12.0 Å². The zero-order chi connectivity index (χ0) is 21.7. The van der Waals surface area contributed by atoms with Gasteiger partial charge in [0.05, 0.1) is 12.2 Å². The van der Waals surface area contributed by atoms with Crippen molar-refractivity contribution in [2.24, 2.45) is 5.92 Å². The van der Waals surface area contributed by atoms with Gasteiger partial charge < -0.3 is 4.74 Å². The van der Waals surface area contributed by atoms with Crippen LogP contribution < -0.4 is 21.0 Å². The number of amides is 1. The largest absolute Gasteiger partial charge is 0.492 e. The lowest BCUT2D eigenvalue weighted by atomic mass is 10.1. The minimum absolute atomic E-state index is 0.00795. The van der Waals surface area contributed by atoms with Crippen LogP contribution in [0.4, 0.5) is 0 Å². The van der Waals surface area contributed by atoms with Crippen molar-refractivity contribution in [1.29, 1.82) is 5.26 Å². The highest BCUT2D eigenvalue weighted by Gasteiger charge is 2.17. The molecule has 0 atom stereocenters. The standard InChI is InChI=1S/C20H21BrN4O3S/c1-11(2)10-28-17-6-5-14(21)8-15(17)18(26)23-20(29)24-25-13(4)7-12(3)16(9-22)19(25)27/h5-8,11H,10H2,1-4H3,(H2,23,24,26,29). The average Bonchev–Trinajstić information content (AvgIpc) is 2.64. The number of aromatic nitrogens is 1. The molecule has 0 aliphatic heterocycles. The Bertz CT molecular complexity index is 1060. The SMILES string of the molecule is Cc1cc(C)n(NC(=S)NC(=O)c2cc(Br)ccc2OCC(C)C)c(=O)c1C#N. The van der Waals surface area contributed by atoms with Gasteiger partial charge in [-0.25, -0.2) is 4.68 Å². The van der Waals surface area contributed by atoms with Crippen LogP contribution in [0.5, 0.6) is 5.75 Å². The molecule has 2 N–H and O–H groups in total. The Kier molecular flexibility index (Phi) is 7.53. The summed E-state index contributed by atoms with van der Waals surface area (Å²) in [7, 11) is 0. The third-order valence-electron chi connectivity index (χ3n) is 3.90. The van der Waals surface area contributed by atoms with E-state index in [0.717, 1.165) is 4.68 Å². The maximum absolute atomic E-state index is 12.7. The first kappa shape index (κ1) is 22.6. The van der Waals surface area contributed by atoms with Crippen LogP contribution in [0.2, 0.25) is 0 Å². The number of halogens is 1. The summed E-state index contributed by atoms with van der Waals surface area (Å²) >= 11 is 8.53. The van der Waals surface area contributed by atoms with E-state index in [1.165, 1.54) is 0 Å². The molecule has 0 fully saturated rings. The summed E-state index contributed by atoms with van der Waals surface area (Å²) in [6.45, 7) is 7.85. The van der Waals surface area contributed by atoms with Crippen LogP contribution in [0.3, 0.4) is 0 Å². The molecule has 2 aromatic rings. The van der Waals surface area contributed by atoms with E-state index in [1.807, 2.05) is 19.9 Å². The third-order valence-corrected chi connectivity index (χ3v) is 4.59. The number of nitrogens with zero attached hydrogens (tertiary/aromatic N) is 2. The van der Waals surface area contributed by atoms with Gasteiger partial charge in [0.2, 0.25) is 0 Å². The smallest absolute Gasteiger partial charge is 0.287 e. The summed E-state index contributed by atoms with van der Waals surface area (Å²) < 4.78 is 7.56. The number of hydrogen-bond donors (Lipinski definition) is 2. The van der Waals surface area contributed by atoms with Crippen LogP contribution >= 0.6 is 28.1 Å². The van der Waals surface area contributed by atoms with Crippen molar-refractivity contribution in [2.45, 2.75) is 27.7 Å². The van der Waals surface area contributed by atoms with Crippen LogP contribution in [0.25, 0.3) is 0 Å². The van der Waals surface area contributed by atoms with E-state index in [2.05, 4.69) is 26.7 Å². The number of nitrogens with one attached hydrogen (secondary N) is 2. The van der Waals surface area contributed by atoms with Crippen molar-refractivity contribution in [3.8, 4) is 11.8 Å². The van der Waals surface area contributed by atoms with Gasteiger partial charge in [0.25, 0.3) is 11.5 Å². The molecule has 1 aromatic heterocycles. The molecular formula is C20H21BrN4O3S. The Morgan fingerprint density at radius 3 is 2.66 bits per heavy atom. The number of rotatable bonds is 5. The number of ether oxygens (including phenoxy) is 1. The van der Waals surface area contributed by atoms with E-state index in [9.17, 15) is 14.9 Å². The van der Waals surface area contributed by atoms with Crippen molar-refractivity contribution < 1.29 is 9.53 Å². The first-order valence-corrected chi connectivity index (χ1v) is 10.0. The average molecular weight is 477 g/mol. The number of carbonyl (C=O) groups excluding carboxylic acids is 1. The van der Waals surface area contributed by atoms with Crippen LogP contribution in [0, 0.1) is 31.1 Å². The molecule has 9 heteroatoms. The maximum Gasteiger partial charge on any atom is 0.287 e. The minimum atomic E-state index is -0.537. The summed E-state index contributed by atoms with van der Waals surface area (Å²) in [5.74, 6) is 0.238. The van der Waals surface area contributed by atoms with Crippen molar-refractivity contribution in [1.82, 2.24) is 9.99 Å². The predicted octanol–water partition coefficient (Wildman–Crippen LogP) is 3.39. The van der Waals surface area contributed by atoms with Gasteiger partial charge in [-0.1, -0.05) is 29.8 Å². The summed E-state index contributed by atoms with van der Waals surface area (Å²) in [6.07, 6.45) is 0. The highest BCUT2D eigenvalue weighted by Crippen LogP contribution is 2.23. The highest BCUT2D eigenvalue weighted by molar-refractivity contribution is 9.10. The van der Waals surface area contributed by atoms with Crippen molar-refractivity contribution in [3.05, 3.63) is 61.5 Å². The van der Waals surface area contributed by atoms with Gasteiger partial charge in [-0.05, 0) is 61.8 Å². The van der Waals surface area contributed by atoms with Crippen molar-refractivity contribution in [3.63, 3.8) is 0 Å². The lowest BCUT2D eigenvalue weighted by Gasteiger charge is -2.17. The molecule has 2 rings (SSSR count). The van der Waals surface area contributed by atoms with Crippen LogP contribution in [-0.4, -0.2) is 22.3 Å². The second-order valence-electron chi connectivity index (χ2n) is 6.84. The Morgan fingerprint density at radius 2 is 2.03 bits per heavy atom. The molecule has 152 valence electrons. The molecule has 1 heterocycles. The molecule has 0 radical (unpaired) electrons. The maximum atomic E-state index is 12.7. The Morgan fingerprint density at radius 1 is 1.34 bits per heavy atom. The second-order valence-corrected chi connectivity index (χ2v) is 8.16. The predicted molar refractivity (Wildman–Crippen MR) is 119 cm³/mol. The number of pyridine rings is 1. The minimum Gasteiger partial charge on any atom is -0.492 e. The van der Waals surface area contributed by atoms with Gasteiger partial charge >= 0.3 is 0 Å². The second kappa shape index (κ2) is 9.67. The monoisotopic (exact) mass is 476 g/mol. The number of hydrogen-bond acceptors (Lipinski definition) is 5. The fourth-order valence-electron chi connectivity index (χ4n) is 2.53. The van der Waals surface area contributed by atoms with Gasteiger partial charge in [0, 0.05) is 10.2 Å². The summed E-state index contributed by atoms with van der Waals surface area (Å²) in [6, 6.07) is 8.68. The van der Waals surface area contributed by atoms with Crippen molar-refractivity contribution >= 4 is 39.2 Å². The molecule has 0 aliphatic rings. The first-order chi connectivity index (χ1) is 13.6. The zero-order valence-corrected chi connectivity index (χ0v) is 18.9. The molecule has 0 saturated carbocycles. The zero-order valence-electron chi connectivity index (χ0n) is 16.5. The summed E-state index contributed by atoms with van der Waals surface area (Å²) in [5, 5.41) is 11.6. The van der Waals surface area contributed by atoms with E-state index >= 15 is 0 Å². The number of benzene rings is 1. The lowest BCUT2D eigenvalue weighted by Crippen LogP contribution is -2.43. The van der Waals surface area contributed by atoms with Gasteiger partial charge in [-0.3, -0.25) is 20.3 Å². The van der Waals surface area contributed by atoms with E-state index < -0.39 is 11.5 Å². The molecule has 0 unspecified atom stereocenters. The summed E-state index contributed by atoms with van der Waals surface area (Å²) in [4.78, 5) is 25.2. The van der Waals surface area contributed by atoms with Crippen LogP contribution in [-0.2, 0) is 0 Å². The number of thiocarbonyl (C=S) groups is 1. The Hall–Kier alpha value is -2.70. The van der Waals surface area contributed by atoms with E-state index in [4.69, 9.17) is 17.0 Å². The van der Waals surface area contributed by atoms with Crippen LogP contribution in [0.15, 0.2) is 33.5 Å². The highest BCUT2D eigenvalue weighted by atomic mass is 79.9. The molecule has 0 aliphatic carbocycles. The first-order valence-electron chi connectivity index (χ1n) is 8.82. The molecule has 0 spiro atoms. The third kappa shape index (κ3) is 5.65. The quantitative estimate of drug-likeness (QED) is 0.641. The van der Waals surface area contributed by atoms with Gasteiger partial charge in [0.1, 0.15) is 17.4 Å². The molecule has 1 amide bonds. The van der Waals surface area contributed by atoms with E-state index in [1.54, 1.807) is 38.1 Å². The van der Waals surface area contributed by atoms with Crippen LogP contribution in [0.1, 0.15) is 41.0 Å². The van der Waals surface area contributed by atoms with Gasteiger partial charge in [0.15, 0.2) is 5.11 Å². The molecular weight excluding hydrogens is 456 g/mol. The lowest BCUT2D eigenvalue weighted by molar-refractivity contribution is 0.0972. The Labute approximate surface area is 182 Å². The Balaban J connectivity index is 2.23.